The molecule has 0 fully saturated rings. The molecule has 0 aliphatic heterocycles. The van der Waals surface area contributed by atoms with Crippen LogP contribution >= 0.6 is 11.8 Å². The van der Waals surface area contributed by atoms with Gasteiger partial charge in [-0.3, -0.25) is 14.3 Å². The van der Waals surface area contributed by atoms with E-state index in [9.17, 15) is 4.79 Å². The van der Waals surface area contributed by atoms with Crippen LogP contribution in [0.1, 0.15) is 5.56 Å². The second-order valence-corrected chi connectivity index (χ2v) is 6.33. The fraction of sp³-hybridized carbons (Fsp3) is 0.158. The predicted molar refractivity (Wildman–Crippen MR) is 101 cm³/mol. The number of hydrogen-bond acceptors (Lipinski definition) is 5. The van der Waals surface area contributed by atoms with Crippen LogP contribution in [0.4, 0.5) is 0 Å². The van der Waals surface area contributed by atoms with Crippen molar-refractivity contribution >= 4 is 17.7 Å². The van der Waals surface area contributed by atoms with Gasteiger partial charge in [0.2, 0.25) is 5.91 Å². The summed E-state index contributed by atoms with van der Waals surface area (Å²) < 4.78 is 1.99. The Morgan fingerprint density at radius 2 is 2.04 bits per heavy atom. The Kier molecular flexibility index (Phi) is 6.01. The Hall–Kier alpha value is -3.11. The summed E-state index contributed by atoms with van der Waals surface area (Å²) in [5, 5.41) is 11.9. The average Bonchev–Trinajstić information content (AvgIpc) is 3.08. The number of nitrogens with zero attached hydrogens (tertiary/aromatic N) is 4. The number of hydrogen-bond donors (Lipinski definition) is 1. The van der Waals surface area contributed by atoms with Crippen molar-refractivity contribution in [3.8, 4) is 23.7 Å². The molecule has 26 heavy (non-hydrogen) atoms. The van der Waals surface area contributed by atoms with Crippen molar-refractivity contribution in [2.75, 3.05) is 12.3 Å². The van der Waals surface area contributed by atoms with Crippen LogP contribution in [0.25, 0.3) is 11.4 Å². The first-order valence-electron chi connectivity index (χ1n) is 7.98. The molecule has 2 aromatic heterocycles. The van der Waals surface area contributed by atoms with Gasteiger partial charge in [0.25, 0.3) is 0 Å². The van der Waals surface area contributed by atoms with E-state index in [1.807, 2.05) is 47.0 Å². The number of carbonyl (C=O) groups is 1. The maximum absolute atomic E-state index is 11.8. The highest BCUT2D eigenvalue weighted by molar-refractivity contribution is 7.99. The minimum absolute atomic E-state index is 0.134. The maximum atomic E-state index is 11.8. The van der Waals surface area contributed by atoms with Crippen LogP contribution in [0.3, 0.4) is 0 Å². The molecule has 1 amide bonds. The van der Waals surface area contributed by atoms with Gasteiger partial charge in [-0.15, -0.1) is 16.6 Å². The van der Waals surface area contributed by atoms with E-state index in [0.29, 0.717) is 17.5 Å². The van der Waals surface area contributed by atoms with Crippen molar-refractivity contribution in [3.63, 3.8) is 0 Å². The highest BCUT2D eigenvalue weighted by atomic mass is 32.2. The Bertz CT molecular complexity index is 903. The lowest BCUT2D eigenvalue weighted by Gasteiger charge is -2.10. The SMILES string of the molecule is C#CCNC(=O)CSc1nnc(-c2cccnc2)n1Cc1ccccc1. The van der Waals surface area contributed by atoms with E-state index in [-0.39, 0.29) is 18.2 Å². The van der Waals surface area contributed by atoms with E-state index in [2.05, 4.69) is 26.4 Å². The highest BCUT2D eigenvalue weighted by Crippen LogP contribution is 2.24. The molecule has 1 aromatic carbocycles. The molecular formula is C19H17N5OS. The van der Waals surface area contributed by atoms with Crippen LogP contribution in [-0.4, -0.2) is 38.0 Å². The lowest BCUT2D eigenvalue weighted by Crippen LogP contribution is -2.25. The number of thioether (sulfide) groups is 1. The second-order valence-electron chi connectivity index (χ2n) is 5.39. The second kappa shape index (κ2) is 8.83. The van der Waals surface area contributed by atoms with E-state index >= 15 is 0 Å². The molecule has 6 nitrogen and oxygen atoms in total. The van der Waals surface area contributed by atoms with Crippen LogP contribution < -0.4 is 5.32 Å². The van der Waals surface area contributed by atoms with E-state index in [1.165, 1.54) is 11.8 Å². The molecule has 2 heterocycles. The molecule has 0 atom stereocenters. The molecule has 0 unspecified atom stereocenters. The van der Waals surface area contributed by atoms with Gasteiger partial charge in [0.15, 0.2) is 11.0 Å². The smallest absolute Gasteiger partial charge is 0.231 e. The van der Waals surface area contributed by atoms with Crippen LogP contribution in [0, 0.1) is 12.3 Å². The summed E-state index contributed by atoms with van der Waals surface area (Å²) in [7, 11) is 0. The van der Waals surface area contributed by atoms with Gasteiger partial charge in [-0.1, -0.05) is 48.0 Å². The molecule has 0 radical (unpaired) electrons. The van der Waals surface area contributed by atoms with Gasteiger partial charge in [0.05, 0.1) is 18.8 Å². The third kappa shape index (κ3) is 4.49. The summed E-state index contributed by atoms with van der Waals surface area (Å²) in [5.74, 6) is 3.19. The summed E-state index contributed by atoms with van der Waals surface area (Å²) in [5.41, 5.74) is 2.00. The highest BCUT2D eigenvalue weighted by Gasteiger charge is 2.16. The molecule has 0 bridgehead atoms. The third-order valence-corrected chi connectivity index (χ3v) is 4.51. The first-order valence-corrected chi connectivity index (χ1v) is 8.97. The Balaban J connectivity index is 1.85. The molecule has 0 aliphatic carbocycles. The molecule has 3 rings (SSSR count). The monoisotopic (exact) mass is 363 g/mol. The largest absolute Gasteiger partial charge is 0.344 e. The number of pyridine rings is 1. The number of terminal acetylenes is 1. The number of carbonyl (C=O) groups excluding carboxylic acids is 1. The van der Waals surface area contributed by atoms with Crippen molar-refractivity contribution in [2.24, 2.45) is 0 Å². The van der Waals surface area contributed by atoms with Crippen molar-refractivity contribution < 1.29 is 4.79 Å². The molecule has 0 saturated carbocycles. The summed E-state index contributed by atoms with van der Waals surface area (Å²) >= 11 is 1.33. The molecule has 0 aliphatic rings. The Morgan fingerprint density at radius 3 is 2.77 bits per heavy atom. The normalized spacial score (nSPS) is 10.3. The zero-order valence-corrected chi connectivity index (χ0v) is 14.8. The number of aromatic nitrogens is 4. The fourth-order valence-corrected chi connectivity index (χ4v) is 3.11. The summed E-state index contributed by atoms with van der Waals surface area (Å²) in [6.45, 7) is 0.823. The average molecular weight is 363 g/mol. The Morgan fingerprint density at radius 1 is 1.19 bits per heavy atom. The van der Waals surface area contributed by atoms with Crippen molar-refractivity contribution in [1.29, 1.82) is 0 Å². The third-order valence-electron chi connectivity index (χ3n) is 3.54. The number of nitrogens with one attached hydrogen (secondary N) is 1. The van der Waals surface area contributed by atoms with Crippen LogP contribution in [0.2, 0.25) is 0 Å². The van der Waals surface area contributed by atoms with Gasteiger partial charge in [-0.25, -0.2) is 0 Å². The minimum Gasteiger partial charge on any atom is -0.344 e. The van der Waals surface area contributed by atoms with Crippen LogP contribution in [0.15, 0.2) is 60.0 Å². The first kappa shape index (κ1) is 17.7. The standard InChI is InChI=1S/C19H17N5OS/c1-2-10-21-17(25)14-26-19-23-22-18(16-9-6-11-20-12-16)24(19)13-15-7-4-3-5-8-15/h1,3-9,11-12H,10,13-14H2,(H,21,25). The van der Waals surface area contributed by atoms with Crippen LogP contribution in [0.5, 0.6) is 0 Å². The molecule has 0 saturated heterocycles. The topological polar surface area (TPSA) is 72.7 Å². The molecule has 7 heteroatoms. The van der Waals surface area contributed by atoms with Gasteiger partial charge in [0.1, 0.15) is 0 Å². The van der Waals surface area contributed by atoms with E-state index in [4.69, 9.17) is 6.42 Å². The summed E-state index contributed by atoms with van der Waals surface area (Å²) in [6.07, 6.45) is 8.62. The lowest BCUT2D eigenvalue weighted by atomic mass is 10.2. The van der Waals surface area contributed by atoms with Crippen molar-refractivity contribution in [2.45, 2.75) is 11.7 Å². The summed E-state index contributed by atoms with van der Waals surface area (Å²) in [6, 6.07) is 13.8. The fourth-order valence-electron chi connectivity index (χ4n) is 2.34. The quantitative estimate of drug-likeness (QED) is 0.515. The van der Waals surface area contributed by atoms with Crippen LogP contribution in [-0.2, 0) is 11.3 Å². The molecule has 130 valence electrons. The minimum atomic E-state index is -0.134. The van der Waals surface area contributed by atoms with Crippen molar-refractivity contribution in [3.05, 3.63) is 60.4 Å². The molecular weight excluding hydrogens is 346 g/mol. The van der Waals surface area contributed by atoms with E-state index in [0.717, 1.165) is 11.1 Å². The Labute approximate surface area is 156 Å². The van der Waals surface area contributed by atoms with Gasteiger partial charge >= 0.3 is 0 Å². The van der Waals surface area contributed by atoms with E-state index in [1.54, 1.807) is 12.4 Å². The maximum Gasteiger partial charge on any atom is 0.231 e. The molecule has 0 spiro atoms. The lowest BCUT2D eigenvalue weighted by molar-refractivity contribution is -0.118. The van der Waals surface area contributed by atoms with E-state index < -0.39 is 0 Å². The number of benzene rings is 1. The van der Waals surface area contributed by atoms with Gasteiger partial charge in [-0.05, 0) is 17.7 Å². The molecule has 3 aromatic rings. The molecule has 1 N–H and O–H groups in total. The van der Waals surface area contributed by atoms with Gasteiger partial charge in [-0.2, -0.15) is 0 Å². The van der Waals surface area contributed by atoms with Gasteiger partial charge in [0, 0.05) is 18.0 Å². The predicted octanol–water partition coefficient (Wildman–Crippen LogP) is 2.23. The zero-order chi connectivity index (χ0) is 18.2. The zero-order valence-electron chi connectivity index (χ0n) is 14.0. The summed E-state index contributed by atoms with van der Waals surface area (Å²) in [4.78, 5) is 16.0. The van der Waals surface area contributed by atoms with Crippen molar-refractivity contribution in [1.82, 2.24) is 25.1 Å². The first-order chi connectivity index (χ1) is 12.8. The number of amides is 1. The number of rotatable bonds is 7. The van der Waals surface area contributed by atoms with Gasteiger partial charge < -0.3 is 5.32 Å².